The first kappa shape index (κ1) is 23.4. The molecule has 0 aromatic heterocycles. The molecule has 2 aromatic carbocycles. The molecule has 1 amide bonds. The standard InChI is InChI=1S/C22H24F3N3O4/c1-2-31-20-12-16(14-26-28-8-10-30-11-9-28)6-7-19(20)32-15-21(29)27-18-5-3-4-17(13-18)22(23,24)25/h3-7,12-14H,2,8-11,15H2,1H3,(H,27,29)/b26-14+. The number of amides is 1. The fourth-order valence-electron chi connectivity index (χ4n) is 2.92. The molecule has 10 heteroatoms. The Kier molecular flexibility index (Phi) is 7.93. The summed E-state index contributed by atoms with van der Waals surface area (Å²) in [6.07, 6.45) is -2.78. The van der Waals surface area contributed by atoms with Gasteiger partial charge in [-0.15, -0.1) is 0 Å². The van der Waals surface area contributed by atoms with Crippen LogP contribution in [0.3, 0.4) is 0 Å². The quantitative estimate of drug-likeness (QED) is 0.619. The van der Waals surface area contributed by atoms with Gasteiger partial charge in [-0.2, -0.15) is 18.3 Å². The Morgan fingerprint density at radius 3 is 2.66 bits per heavy atom. The summed E-state index contributed by atoms with van der Waals surface area (Å²) >= 11 is 0. The largest absolute Gasteiger partial charge is 0.490 e. The van der Waals surface area contributed by atoms with Crippen LogP contribution in [-0.2, 0) is 15.7 Å². The van der Waals surface area contributed by atoms with Crippen molar-refractivity contribution in [2.24, 2.45) is 5.10 Å². The highest BCUT2D eigenvalue weighted by Crippen LogP contribution is 2.31. The van der Waals surface area contributed by atoms with Gasteiger partial charge >= 0.3 is 6.18 Å². The van der Waals surface area contributed by atoms with Gasteiger partial charge in [-0.25, -0.2) is 0 Å². The maximum Gasteiger partial charge on any atom is 0.416 e. The SMILES string of the molecule is CCOc1cc(/C=N/N2CCOCC2)ccc1OCC(=O)Nc1cccc(C(F)(F)F)c1. The van der Waals surface area contributed by atoms with Gasteiger partial charge in [0, 0.05) is 5.69 Å². The molecule has 0 unspecified atom stereocenters. The molecule has 0 bridgehead atoms. The zero-order valence-corrected chi connectivity index (χ0v) is 17.5. The van der Waals surface area contributed by atoms with E-state index in [1.807, 2.05) is 11.9 Å². The minimum Gasteiger partial charge on any atom is -0.490 e. The molecule has 0 saturated carbocycles. The van der Waals surface area contributed by atoms with E-state index in [1.165, 1.54) is 12.1 Å². The second-order valence-corrected chi connectivity index (χ2v) is 6.87. The van der Waals surface area contributed by atoms with Gasteiger partial charge in [0.1, 0.15) is 0 Å². The zero-order valence-electron chi connectivity index (χ0n) is 17.5. The normalized spacial score (nSPS) is 14.4. The molecule has 172 valence electrons. The molecule has 3 rings (SSSR count). The summed E-state index contributed by atoms with van der Waals surface area (Å²) in [6.45, 7) is 4.52. The summed E-state index contributed by atoms with van der Waals surface area (Å²) < 4.78 is 54.9. The van der Waals surface area contributed by atoms with Gasteiger partial charge in [0.15, 0.2) is 18.1 Å². The number of hydrogen-bond acceptors (Lipinski definition) is 6. The molecule has 1 aliphatic heterocycles. The van der Waals surface area contributed by atoms with Crippen molar-refractivity contribution in [2.45, 2.75) is 13.1 Å². The van der Waals surface area contributed by atoms with Crippen molar-refractivity contribution in [1.82, 2.24) is 5.01 Å². The fourth-order valence-corrected chi connectivity index (χ4v) is 2.92. The van der Waals surface area contributed by atoms with Crippen molar-refractivity contribution in [1.29, 1.82) is 0 Å². The maximum absolute atomic E-state index is 12.8. The minimum absolute atomic E-state index is 0.0353. The molecular weight excluding hydrogens is 427 g/mol. The lowest BCUT2D eigenvalue weighted by atomic mass is 10.2. The van der Waals surface area contributed by atoms with Crippen LogP contribution < -0.4 is 14.8 Å². The first-order valence-corrected chi connectivity index (χ1v) is 10.1. The van der Waals surface area contributed by atoms with Crippen LogP contribution in [-0.4, -0.2) is 56.6 Å². The molecular formula is C22H24F3N3O4. The third-order valence-electron chi connectivity index (χ3n) is 4.46. The number of hydrogen-bond donors (Lipinski definition) is 1. The lowest BCUT2D eigenvalue weighted by molar-refractivity contribution is -0.137. The van der Waals surface area contributed by atoms with Crippen LogP contribution in [0.5, 0.6) is 11.5 Å². The molecule has 1 aliphatic rings. The van der Waals surface area contributed by atoms with E-state index in [4.69, 9.17) is 14.2 Å². The highest BCUT2D eigenvalue weighted by molar-refractivity contribution is 5.92. The molecule has 0 spiro atoms. The van der Waals surface area contributed by atoms with Crippen molar-refractivity contribution in [2.75, 3.05) is 44.8 Å². The number of ether oxygens (including phenoxy) is 3. The molecule has 7 nitrogen and oxygen atoms in total. The van der Waals surface area contributed by atoms with Crippen LogP contribution >= 0.6 is 0 Å². The van der Waals surface area contributed by atoms with E-state index in [0.717, 1.165) is 30.8 Å². The molecule has 1 fully saturated rings. The molecule has 32 heavy (non-hydrogen) atoms. The van der Waals surface area contributed by atoms with Gasteiger partial charge in [0.05, 0.1) is 44.7 Å². The topological polar surface area (TPSA) is 72.4 Å². The van der Waals surface area contributed by atoms with E-state index in [2.05, 4.69) is 10.4 Å². The summed E-state index contributed by atoms with van der Waals surface area (Å²) in [5, 5.41) is 8.73. The van der Waals surface area contributed by atoms with Crippen LogP contribution in [0, 0.1) is 0 Å². The van der Waals surface area contributed by atoms with E-state index < -0.39 is 24.3 Å². The van der Waals surface area contributed by atoms with Gasteiger partial charge in [-0.3, -0.25) is 9.80 Å². The summed E-state index contributed by atoms with van der Waals surface area (Å²) in [4.78, 5) is 12.2. The lowest BCUT2D eigenvalue weighted by Gasteiger charge is -2.23. The summed E-state index contributed by atoms with van der Waals surface area (Å²) in [5.41, 5.74) is -0.0157. The van der Waals surface area contributed by atoms with E-state index in [-0.39, 0.29) is 5.69 Å². The van der Waals surface area contributed by atoms with Crippen LogP contribution in [0.2, 0.25) is 0 Å². The van der Waals surface area contributed by atoms with Crippen LogP contribution in [0.4, 0.5) is 18.9 Å². The number of hydrazone groups is 1. The molecule has 1 heterocycles. The summed E-state index contributed by atoms with van der Waals surface area (Å²) in [6, 6.07) is 9.57. The van der Waals surface area contributed by atoms with E-state index in [0.29, 0.717) is 31.3 Å². The van der Waals surface area contributed by atoms with Crippen molar-refractivity contribution in [3.63, 3.8) is 0 Å². The second-order valence-electron chi connectivity index (χ2n) is 6.87. The number of carbonyl (C=O) groups is 1. The fraction of sp³-hybridized carbons (Fsp3) is 0.364. The molecule has 0 atom stereocenters. The van der Waals surface area contributed by atoms with Gasteiger partial charge in [-0.05, 0) is 48.9 Å². The smallest absolute Gasteiger partial charge is 0.416 e. The predicted octanol–water partition coefficient (Wildman–Crippen LogP) is 3.79. The van der Waals surface area contributed by atoms with Crippen molar-refractivity contribution in [3.05, 3.63) is 53.6 Å². The molecule has 0 radical (unpaired) electrons. The molecule has 1 N–H and O–H groups in total. The third kappa shape index (κ3) is 6.88. The highest BCUT2D eigenvalue weighted by Gasteiger charge is 2.30. The number of halogens is 3. The monoisotopic (exact) mass is 451 g/mol. The Morgan fingerprint density at radius 1 is 1.16 bits per heavy atom. The lowest BCUT2D eigenvalue weighted by Crippen LogP contribution is -2.32. The number of carbonyl (C=O) groups excluding carboxylic acids is 1. The third-order valence-corrected chi connectivity index (χ3v) is 4.46. The maximum atomic E-state index is 12.8. The number of nitrogens with zero attached hydrogens (tertiary/aromatic N) is 2. The van der Waals surface area contributed by atoms with Gasteiger partial charge < -0.3 is 19.5 Å². The Labute approximate surface area is 183 Å². The number of rotatable bonds is 8. The van der Waals surface area contributed by atoms with Crippen molar-refractivity contribution in [3.8, 4) is 11.5 Å². The van der Waals surface area contributed by atoms with E-state index in [9.17, 15) is 18.0 Å². The minimum atomic E-state index is -4.49. The number of morpholine rings is 1. The first-order valence-electron chi connectivity index (χ1n) is 10.1. The number of anilines is 1. The zero-order chi connectivity index (χ0) is 23.0. The van der Waals surface area contributed by atoms with Crippen LogP contribution in [0.1, 0.15) is 18.1 Å². The Bertz CT molecular complexity index is 944. The van der Waals surface area contributed by atoms with E-state index in [1.54, 1.807) is 24.4 Å². The van der Waals surface area contributed by atoms with Crippen molar-refractivity contribution >= 4 is 17.8 Å². The molecule has 0 aliphatic carbocycles. The van der Waals surface area contributed by atoms with Gasteiger partial charge in [0.25, 0.3) is 5.91 Å². The average molecular weight is 451 g/mol. The Hall–Kier alpha value is -3.27. The number of nitrogens with one attached hydrogen (secondary N) is 1. The summed E-state index contributed by atoms with van der Waals surface area (Å²) in [5.74, 6) is 0.185. The highest BCUT2D eigenvalue weighted by atomic mass is 19.4. The van der Waals surface area contributed by atoms with Gasteiger partial charge in [-0.1, -0.05) is 6.07 Å². The Balaban J connectivity index is 1.61. The summed E-state index contributed by atoms with van der Waals surface area (Å²) in [7, 11) is 0. The van der Waals surface area contributed by atoms with E-state index >= 15 is 0 Å². The predicted molar refractivity (Wildman–Crippen MR) is 113 cm³/mol. The Morgan fingerprint density at radius 2 is 1.94 bits per heavy atom. The molecule has 2 aromatic rings. The second kappa shape index (κ2) is 10.9. The van der Waals surface area contributed by atoms with Crippen molar-refractivity contribution < 1.29 is 32.2 Å². The molecule has 1 saturated heterocycles. The average Bonchev–Trinajstić information content (AvgIpc) is 2.77. The number of alkyl halides is 3. The first-order chi connectivity index (χ1) is 15.3. The number of benzene rings is 2. The van der Waals surface area contributed by atoms with Crippen LogP contribution in [0.25, 0.3) is 0 Å². The van der Waals surface area contributed by atoms with Crippen LogP contribution in [0.15, 0.2) is 47.6 Å². The van der Waals surface area contributed by atoms with Gasteiger partial charge in [0.2, 0.25) is 0 Å².